The number of likely N-dealkylation sites (tertiary alicyclic amines) is 1. The number of piperidine rings is 1. The van der Waals surface area contributed by atoms with Crippen molar-refractivity contribution < 1.29 is 13.2 Å². The first-order chi connectivity index (χ1) is 9.79. The van der Waals surface area contributed by atoms with Crippen LogP contribution in [0.1, 0.15) is 23.2 Å². The highest BCUT2D eigenvalue weighted by Crippen LogP contribution is 2.18. The number of carbonyl (C=O) groups excluding carboxylic acids is 1. The third-order valence-electron chi connectivity index (χ3n) is 3.82. The number of hydrogen-bond donors (Lipinski definition) is 1. The lowest BCUT2D eigenvalue weighted by Gasteiger charge is -2.35. The Bertz CT molecular complexity index is 654. The van der Waals surface area contributed by atoms with Crippen molar-refractivity contribution in [3.05, 3.63) is 34.2 Å². The largest absolute Gasteiger partial charge is 0.338 e. The van der Waals surface area contributed by atoms with Crippen LogP contribution in [0, 0.1) is 0 Å². The average molecular weight is 313 g/mol. The quantitative estimate of drug-likeness (QED) is 0.841. The fourth-order valence-electron chi connectivity index (χ4n) is 2.43. The molecule has 2 heterocycles. The molecule has 8 heteroatoms. The van der Waals surface area contributed by atoms with Gasteiger partial charge in [-0.15, -0.1) is 0 Å². The van der Waals surface area contributed by atoms with Crippen molar-refractivity contribution in [2.45, 2.75) is 18.9 Å². The van der Waals surface area contributed by atoms with Crippen LogP contribution in [0.3, 0.4) is 0 Å². The standard InChI is InChI=1S/C13H19N3O4S/c1-15(21(2,19)20)11-5-7-16(8-6-11)13(18)10-3-4-12(17)14-9-10/h3-4,9,11H,5-8H2,1-2H3,(H,14,17). The second kappa shape index (κ2) is 5.98. The predicted octanol–water partition coefficient (Wildman–Crippen LogP) is -0.129. The number of hydrogen-bond acceptors (Lipinski definition) is 4. The summed E-state index contributed by atoms with van der Waals surface area (Å²) in [4.78, 5) is 27.4. The molecule has 0 radical (unpaired) electrons. The molecule has 0 unspecified atom stereocenters. The van der Waals surface area contributed by atoms with E-state index in [0.717, 1.165) is 0 Å². The molecule has 116 valence electrons. The van der Waals surface area contributed by atoms with Crippen LogP contribution < -0.4 is 5.56 Å². The molecule has 1 aliphatic heterocycles. The smallest absolute Gasteiger partial charge is 0.255 e. The molecule has 1 N–H and O–H groups in total. The zero-order valence-electron chi connectivity index (χ0n) is 12.1. The molecule has 0 bridgehead atoms. The van der Waals surface area contributed by atoms with E-state index in [-0.39, 0.29) is 17.5 Å². The van der Waals surface area contributed by atoms with Gasteiger partial charge in [-0.2, -0.15) is 0 Å². The normalized spacial score (nSPS) is 17.2. The van der Waals surface area contributed by atoms with E-state index in [1.807, 2.05) is 0 Å². The number of amides is 1. The summed E-state index contributed by atoms with van der Waals surface area (Å²) in [6, 6.07) is 2.74. The maximum absolute atomic E-state index is 12.3. The van der Waals surface area contributed by atoms with Crippen molar-refractivity contribution in [2.75, 3.05) is 26.4 Å². The van der Waals surface area contributed by atoms with Crippen LogP contribution in [0.25, 0.3) is 0 Å². The van der Waals surface area contributed by atoms with Gasteiger partial charge in [0.1, 0.15) is 0 Å². The van der Waals surface area contributed by atoms with Crippen molar-refractivity contribution in [1.29, 1.82) is 0 Å². The molecule has 1 saturated heterocycles. The van der Waals surface area contributed by atoms with E-state index < -0.39 is 10.0 Å². The molecule has 2 rings (SSSR count). The first-order valence-electron chi connectivity index (χ1n) is 6.70. The number of nitrogens with one attached hydrogen (secondary N) is 1. The fourth-order valence-corrected chi connectivity index (χ4v) is 3.18. The van der Waals surface area contributed by atoms with Crippen molar-refractivity contribution >= 4 is 15.9 Å². The van der Waals surface area contributed by atoms with Crippen LogP contribution in [0.5, 0.6) is 0 Å². The SMILES string of the molecule is CN(C1CCN(C(=O)c2ccc(=O)[nH]c2)CC1)S(C)(=O)=O. The zero-order chi connectivity index (χ0) is 15.6. The molecule has 1 aliphatic rings. The van der Waals surface area contributed by atoms with Gasteiger partial charge in [0.05, 0.1) is 11.8 Å². The Morgan fingerprint density at radius 2 is 1.95 bits per heavy atom. The lowest BCUT2D eigenvalue weighted by Crippen LogP contribution is -2.47. The highest BCUT2D eigenvalue weighted by Gasteiger charge is 2.29. The number of carbonyl (C=O) groups is 1. The van der Waals surface area contributed by atoms with E-state index in [0.29, 0.717) is 31.5 Å². The summed E-state index contributed by atoms with van der Waals surface area (Å²) in [6.07, 6.45) is 3.81. The summed E-state index contributed by atoms with van der Waals surface area (Å²) < 4.78 is 24.4. The van der Waals surface area contributed by atoms with E-state index in [4.69, 9.17) is 0 Å². The van der Waals surface area contributed by atoms with Gasteiger partial charge in [-0.1, -0.05) is 0 Å². The summed E-state index contributed by atoms with van der Waals surface area (Å²) in [7, 11) is -1.64. The van der Waals surface area contributed by atoms with Gasteiger partial charge in [-0.3, -0.25) is 9.59 Å². The number of H-pyrrole nitrogens is 1. The summed E-state index contributed by atoms with van der Waals surface area (Å²) in [5, 5.41) is 0. The predicted molar refractivity (Wildman–Crippen MR) is 78.6 cm³/mol. The number of rotatable bonds is 3. The minimum absolute atomic E-state index is 0.0698. The minimum Gasteiger partial charge on any atom is -0.338 e. The van der Waals surface area contributed by atoms with Gasteiger partial charge >= 0.3 is 0 Å². The molecule has 1 aromatic rings. The van der Waals surface area contributed by atoms with E-state index >= 15 is 0 Å². The van der Waals surface area contributed by atoms with E-state index in [2.05, 4.69) is 4.98 Å². The van der Waals surface area contributed by atoms with Gasteiger partial charge in [0, 0.05) is 38.4 Å². The first kappa shape index (κ1) is 15.7. The lowest BCUT2D eigenvalue weighted by atomic mass is 10.0. The van der Waals surface area contributed by atoms with Crippen molar-refractivity contribution in [1.82, 2.24) is 14.2 Å². The molecule has 0 aliphatic carbocycles. The van der Waals surface area contributed by atoms with E-state index in [1.54, 1.807) is 11.9 Å². The Labute approximate surface area is 123 Å². The molecule has 7 nitrogen and oxygen atoms in total. The van der Waals surface area contributed by atoms with E-state index in [9.17, 15) is 18.0 Å². The Morgan fingerprint density at radius 3 is 2.43 bits per heavy atom. The molecule has 1 aromatic heterocycles. The summed E-state index contributed by atoms with van der Waals surface area (Å²) in [6.45, 7) is 1.00. The summed E-state index contributed by atoms with van der Waals surface area (Å²) in [5.41, 5.74) is 0.185. The molecular weight excluding hydrogens is 294 g/mol. The monoisotopic (exact) mass is 313 g/mol. The number of aromatic amines is 1. The molecule has 0 saturated carbocycles. The second-order valence-corrected chi connectivity index (χ2v) is 7.29. The average Bonchev–Trinajstić information content (AvgIpc) is 2.46. The zero-order valence-corrected chi connectivity index (χ0v) is 12.9. The maximum Gasteiger partial charge on any atom is 0.255 e. The Kier molecular flexibility index (Phi) is 4.48. The van der Waals surface area contributed by atoms with Crippen molar-refractivity contribution in [3.63, 3.8) is 0 Å². The first-order valence-corrected chi connectivity index (χ1v) is 8.55. The highest BCUT2D eigenvalue weighted by atomic mass is 32.2. The molecule has 0 spiro atoms. The third kappa shape index (κ3) is 3.70. The summed E-state index contributed by atoms with van der Waals surface area (Å²) >= 11 is 0. The van der Waals surface area contributed by atoms with Gasteiger partial charge < -0.3 is 9.88 Å². The number of sulfonamides is 1. The molecule has 1 fully saturated rings. The van der Waals surface area contributed by atoms with Crippen LogP contribution in [-0.2, 0) is 10.0 Å². The third-order valence-corrected chi connectivity index (χ3v) is 5.16. The van der Waals surface area contributed by atoms with Crippen LogP contribution in [0.2, 0.25) is 0 Å². The molecular formula is C13H19N3O4S. The summed E-state index contributed by atoms with van der Waals surface area (Å²) in [5.74, 6) is -0.147. The van der Waals surface area contributed by atoms with E-state index in [1.165, 1.54) is 28.9 Å². The van der Waals surface area contributed by atoms with Gasteiger partial charge in [-0.25, -0.2) is 12.7 Å². The van der Waals surface area contributed by atoms with Crippen molar-refractivity contribution in [3.8, 4) is 0 Å². The fraction of sp³-hybridized carbons (Fsp3) is 0.538. The molecule has 0 aromatic carbocycles. The van der Waals surface area contributed by atoms with Crippen molar-refractivity contribution in [2.24, 2.45) is 0 Å². The number of pyridine rings is 1. The Morgan fingerprint density at radius 1 is 1.33 bits per heavy atom. The topological polar surface area (TPSA) is 90.6 Å². The van der Waals surface area contributed by atoms with Gasteiger partial charge in [0.2, 0.25) is 15.6 Å². The molecule has 21 heavy (non-hydrogen) atoms. The van der Waals surface area contributed by atoms with Crippen LogP contribution in [-0.4, -0.2) is 60.9 Å². The highest BCUT2D eigenvalue weighted by molar-refractivity contribution is 7.88. The minimum atomic E-state index is -3.21. The van der Waals surface area contributed by atoms with Crippen LogP contribution in [0.15, 0.2) is 23.1 Å². The maximum atomic E-state index is 12.3. The van der Waals surface area contributed by atoms with Gasteiger partial charge in [0.25, 0.3) is 5.91 Å². The van der Waals surface area contributed by atoms with Crippen LogP contribution in [0.4, 0.5) is 0 Å². The number of aromatic nitrogens is 1. The lowest BCUT2D eigenvalue weighted by molar-refractivity contribution is 0.0686. The number of nitrogens with zero attached hydrogens (tertiary/aromatic N) is 2. The Balaban J connectivity index is 1.99. The van der Waals surface area contributed by atoms with Crippen LogP contribution >= 0.6 is 0 Å². The second-order valence-electron chi connectivity index (χ2n) is 5.24. The van der Waals surface area contributed by atoms with Gasteiger partial charge in [-0.05, 0) is 18.9 Å². The molecule has 0 atom stereocenters. The molecule has 1 amide bonds. The van der Waals surface area contributed by atoms with Gasteiger partial charge in [0.15, 0.2) is 0 Å². The Hall–Kier alpha value is -1.67.